The van der Waals surface area contributed by atoms with Gasteiger partial charge in [0.25, 0.3) is 0 Å². The fourth-order valence-corrected chi connectivity index (χ4v) is 5.99. The highest BCUT2D eigenvalue weighted by Gasteiger charge is 2.53. The Balaban J connectivity index is 1.80. The molecule has 7 atom stereocenters. The topological polar surface area (TPSA) is 57.5 Å². The van der Waals surface area contributed by atoms with Crippen LogP contribution in [0.1, 0.15) is 65.2 Å². The first-order valence-corrected chi connectivity index (χ1v) is 8.87. The summed E-state index contributed by atoms with van der Waals surface area (Å²) < 4.78 is 0. The molecule has 3 nitrogen and oxygen atoms in total. The van der Waals surface area contributed by atoms with Crippen LogP contribution in [0.25, 0.3) is 0 Å². The number of fused-ring (bicyclic) bond motifs is 2. The van der Waals surface area contributed by atoms with E-state index in [4.69, 9.17) is 0 Å². The van der Waals surface area contributed by atoms with Crippen molar-refractivity contribution in [1.29, 1.82) is 0 Å². The van der Waals surface area contributed by atoms with Gasteiger partial charge in [0.2, 0.25) is 0 Å². The van der Waals surface area contributed by atoms with E-state index < -0.39 is 11.4 Å². The monoisotopic (exact) mass is 294 g/mol. The van der Waals surface area contributed by atoms with Crippen LogP contribution in [0.3, 0.4) is 0 Å². The molecule has 3 heteroatoms. The Kier molecular flexibility index (Phi) is 4.06. The number of rotatable bonds is 2. The Bertz CT molecular complexity index is 407. The van der Waals surface area contributed by atoms with Crippen molar-refractivity contribution in [2.45, 2.75) is 71.3 Å². The molecule has 0 aromatic rings. The van der Waals surface area contributed by atoms with Gasteiger partial charge >= 0.3 is 5.97 Å². The molecule has 0 bridgehead atoms. The van der Waals surface area contributed by atoms with E-state index in [2.05, 4.69) is 6.92 Å². The number of aliphatic hydroxyl groups is 1. The summed E-state index contributed by atoms with van der Waals surface area (Å²) in [6.07, 6.45) is 8.34. The average molecular weight is 294 g/mol. The van der Waals surface area contributed by atoms with E-state index in [1.54, 1.807) is 0 Å². The van der Waals surface area contributed by atoms with Gasteiger partial charge in [-0.2, -0.15) is 0 Å². The second kappa shape index (κ2) is 5.57. The normalized spacial score (nSPS) is 50.0. The number of hydrogen-bond acceptors (Lipinski definition) is 2. The van der Waals surface area contributed by atoms with E-state index in [1.165, 1.54) is 12.8 Å². The molecule has 0 spiro atoms. The highest BCUT2D eigenvalue weighted by Crippen LogP contribution is 2.57. The molecule has 3 saturated carbocycles. The first kappa shape index (κ1) is 15.3. The lowest BCUT2D eigenvalue weighted by atomic mass is 9.51. The fraction of sp³-hybridized carbons (Fsp3) is 0.944. The van der Waals surface area contributed by atoms with Gasteiger partial charge < -0.3 is 10.2 Å². The average Bonchev–Trinajstić information content (AvgIpc) is 2.45. The predicted molar refractivity (Wildman–Crippen MR) is 81.8 cm³/mol. The molecular weight excluding hydrogens is 264 g/mol. The number of carboxylic acids is 1. The summed E-state index contributed by atoms with van der Waals surface area (Å²) >= 11 is 0. The van der Waals surface area contributed by atoms with Crippen molar-refractivity contribution in [3.63, 3.8) is 0 Å². The van der Waals surface area contributed by atoms with Crippen LogP contribution in [0, 0.1) is 35.0 Å². The lowest BCUT2D eigenvalue weighted by Crippen LogP contribution is -2.50. The minimum Gasteiger partial charge on any atom is -0.481 e. The second-order valence-corrected chi connectivity index (χ2v) is 8.16. The summed E-state index contributed by atoms with van der Waals surface area (Å²) in [4.78, 5) is 11.8. The largest absolute Gasteiger partial charge is 0.481 e. The Morgan fingerprint density at radius 2 is 1.86 bits per heavy atom. The summed E-state index contributed by atoms with van der Waals surface area (Å²) in [6.45, 7) is 4.15. The van der Waals surface area contributed by atoms with E-state index in [9.17, 15) is 15.0 Å². The number of aliphatic carboxylic acids is 1. The molecule has 3 rings (SSSR count). The van der Waals surface area contributed by atoms with Gasteiger partial charge in [-0.1, -0.05) is 13.3 Å². The van der Waals surface area contributed by atoms with Crippen LogP contribution in [0.15, 0.2) is 0 Å². The predicted octanol–water partition coefficient (Wildman–Crippen LogP) is 3.70. The van der Waals surface area contributed by atoms with Gasteiger partial charge in [0.05, 0.1) is 11.5 Å². The van der Waals surface area contributed by atoms with Crippen molar-refractivity contribution in [2.24, 2.45) is 35.0 Å². The van der Waals surface area contributed by atoms with Crippen molar-refractivity contribution in [1.82, 2.24) is 0 Å². The van der Waals surface area contributed by atoms with E-state index in [-0.39, 0.29) is 6.10 Å². The van der Waals surface area contributed by atoms with Crippen LogP contribution < -0.4 is 0 Å². The molecule has 0 aromatic heterocycles. The molecule has 0 aromatic carbocycles. The van der Waals surface area contributed by atoms with Gasteiger partial charge in [-0.05, 0) is 81.5 Å². The maximum Gasteiger partial charge on any atom is 0.309 e. The van der Waals surface area contributed by atoms with Crippen molar-refractivity contribution in [2.75, 3.05) is 0 Å². The van der Waals surface area contributed by atoms with E-state index in [0.29, 0.717) is 23.7 Å². The van der Waals surface area contributed by atoms with Crippen LogP contribution in [0.2, 0.25) is 0 Å². The maximum atomic E-state index is 11.8. The van der Waals surface area contributed by atoms with Gasteiger partial charge in [-0.3, -0.25) is 4.79 Å². The summed E-state index contributed by atoms with van der Waals surface area (Å²) in [5.74, 6) is 2.48. The number of carbonyl (C=O) groups is 1. The Labute approximate surface area is 128 Å². The fourth-order valence-electron chi connectivity index (χ4n) is 5.99. The summed E-state index contributed by atoms with van der Waals surface area (Å²) in [7, 11) is 0. The summed E-state index contributed by atoms with van der Waals surface area (Å²) in [6, 6.07) is 0. The molecule has 21 heavy (non-hydrogen) atoms. The summed E-state index contributed by atoms with van der Waals surface area (Å²) in [5, 5.41) is 19.6. The molecule has 2 N–H and O–H groups in total. The van der Waals surface area contributed by atoms with Crippen LogP contribution in [0.5, 0.6) is 0 Å². The zero-order chi connectivity index (χ0) is 15.2. The zero-order valence-corrected chi connectivity index (χ0v) is 13.4. The molecular formula is C18H30O3. The van der Waals surface area contributed by atoms with Gasteiger partial charge in [0.1, 0.15) is 0 Å². The third-order valence-corrected chi connectivity index (χ3v) is 7.20. The third kappa shape index (κ3) is 2.52. The van der Waals surface area contributed by atoms with Gasteiger partial charge in [-0.15, -0.1) is 0 Å². The van der Waals surface area contributed by atoms with E-state index in [1.807, 2.05) is 6.92 Å². The Hall–Kier alpha value is -0.570. The maximum absolute atomic E-state index is 11.8. The Morgan fingerprint density at radius 1 is 1.10 bits per heavy atom. The molecule has 5 unspecified atom stereocenters. The molecule has 0 heterocycles. The smallest absolute Gasteiger partial charge is 0.309 e. The first-order valence-electron chi connectivity index (χ1n) is 8.87. The van der Waals surface area contributed by atoms with Crippen molar-refractivity contribution in [3.8, 4) is 0 Å². The Morgan fingerprint density at radius 3 is 2.52 bits per heavy atom. The number of carboxylic acid groups (broad SMARTS) is 1. The van der Waals surface area contributed by atoms with Gasteiger partial charge in [0, 0.05) is 0 Å². The summed E-state index contributed by atoms with van der Waals surface area (Å²) in [5.41, 5.74) is -0.517. The van der Waals surface area contributed by atoms with Crippen molar-refractivity contribution < 1.29 is 15.0 Å². The van der Waals surface area contributed by atoms with Crippen LogP contribution in [-0.2, 0) is 4.79 Å². The SMILES string of the molecule is CC[C@H]1C2CC3CCC(O)CC3CC2CC[C@@]1(C)C(=O)O. The van der Waals surface area contributed by atoms with E-state index >= 15 is 0 Å². The standard InChI is InChI=1S/C18H30O3/c1-3-16-15-10-11-4-5-14(19)9-13(11)8-12(15)6-7-18(16,2)17(20)21/h11-16,19H,3-10H2,1-2H3,(H,20,21)/t11?,12?,13?,14?,15?,16-,18+/m0/s1. The van der Waals surface area contributed by atoms with Crippen LogP contribution >= 0.6 is 0 Å². The van der Waals surface area contributed by atoms with Crippen molar-refractivity contribution >= 4 is 5.97 Å². The van der Waals surface area contributed by atoms with Crippen molar-refractivity contribution in [3.05, 3.63) is 0 Å². The van der Waals surface area contributed by atoms with Crippen LogP contribution in [-0.4, -0.2) is 22.3 Å². The molecule has 0 aliphatic heterocycles. The molecule has 120 valence electrons. The minimum absolute atomic E-state index is 0.0855. The molecule has 0 saturated heterocycles. The minimum atomic E-state index is -0.589. The highest BCUT2D eigenvalue weighted by molar-refractivity contribution is 5.74. The molecule has 3 aliphatic carbocycles. The van der Waals surface area contributed by atoms with Crippen LogP contribution in [0.4, 0.5) is 0 Å². The highest BCUT2D eigenvalue weighted by atomic mass is 16.4. The zero-order valence-electron chi connectivity index (χ0n) is 13.4. The molecule has 3 fully saturated rings. The van der Waals surface area contributed by atoms with E-state index in [0.717, 1.165) is 44.4 Å². The van der Waals surface area contributed by atoms with Gasteiger partial charge in [0.15, 0.2) is 0 Å². The first-order chi connectivity index (χ1) is 9.95. The number of hydrogen-bond donors (Lipinski definition) is 2. The quantitative estimate of drug-likeness (QED) is 0.816. The third-order valence-electron chi connectivity index (χ3n) is 7.20. The molecule has 0 amide bonds. The lowest BCUT2D eigenvalue weighted by molar-refractivity contribution is -0.161. The number of aliphatic hydroxyl groups excluding tert-OH is 1. The second-order valence-electron chi connectivity index (χ2n) is 8.16. The lowest BCUT2D eigenvalue weighted by Gasteiger charge is -2.54. The van der Waals surface area contributed by atoms with Gasteiger partial charge in [-0.25, -0.2) is 0 Å². The molecule has 3 aliphatic rings. The molecule has 0 radical (unpaired) electrons.